The Morgan fingerprint density at radius 2 is 1.71 bits per heavy atom. The molecule has 0 aromatic heterocycles. The molecule has 132 valence electrons. The fourth-order valence-corrected chi connectivity index (χ4v) is 2.43. The van der Waals surface area contributed by atoms with Crippen LogP contribution in [0, 0.1) is 0 Å². The number of rotatable bonds is 6. The largest absolute Gasteiger partial charge is 0.481 e. The molecular formula is C17H23ClN2O4. The number of hydrogen-bond acceptors (Lipinski definition) is 3. The van der Waals surface area contributed by atoms with Crippen LogP contribution < -0.4 is 5.73 Å². The Bertz CT molecular complexity index is 554. The number of nitrogens with two attached hydrogens (primary N) is 1. The van der Waals surface area contributed by atoms with Crippen LogP contribution in [0.15, 0.2) is 24.3 Å². The smallest absolute Gasteiger partial charge is 0.314 e. The van der Waals surface area contributed by atoms with E-state index >= 15 is 0 Å². The average molecular weight is 355 g/mol. The summed E-state index contributed by atoms with van der Waals surface area (Å²) in [6, 6.07) is 6.39. The van der Waals surface area contributed by atoms with E-state index < -0.39 is 5.97 Å². The number of carbonyl (C=O) groups is 3. The number of Topliss-reactive ketones (excluding diaryl/α,β-unsaturated/α-hetero) is 1. The van der Waals surface area contributed by atoms with Gasteiger partial charge in [0.25, 0.3) is 0 Å². The molecule has 1 aliphatic rings. The highest BCUT2D eigenvalue weighted by Gasteiger charge is 2.13. The summed E-state index contributed by atoms with van der Waals surface area (Å²) in [5.41, 5.74) is 6.29. The highest BCUT2D eigenvalue weighted by molar-refractivity contribution is 6.18. The van der Waals surface area contributed by atoms with Gasteiger partial charge in [0.05, 0.1) is 6.42 Å². The highest BCUT2D eigenvalue weighted by atomic mass is 35.5. The Kier molecular flexibility index (Phi) is 8.86. The fraction of sp³-hybridized carbons (Fsp3) is 0.471. The number of halogens is 1. The molecule has 24 heavy (non-hydrogen) atoms. The van der Waals surface area contributed by atoms with Gasteiger partial charge >= 0.3 is 12.0 Å². The fourth-order valence-electron chi connectivity index (χ4n) is 2.29. The van der Waals surface area contributed by atoms with Crippen molar-refractivity contribution in [3.05, 3.63) is 35.4 Å². The molecule has 0 spiro atoms. The molecule has 0 aliphatic carbocycles. The van der Waals surface area contributed by atoms with Gasteiger partial charge in [-0.1, -0.05) is 24.3 Å². The number of benzene rings is 1. The third kappa shape index (κ3) is 7.46. The number of hydrogen-bond donors (Lipinski definition) is 2. The summed E-state index contributed by atoms with van der Waals surface area (Å²) in [6.45, 7) is 1.71. The van der Waals surface area contributed by atoms with Crippen molar-refractivity contribution in [2.75, 3.05) is 19.0 Å². The summed E-state index contributed by atoms with van der Waals surface area (Å²) in [7, 11) is 0. The summed E-state index contributed by atoms with van der Waals surface area (Å²) < 4.78 is 0. The maximum atomic E-state index is 11.6. The van der Waals surface area contributed by atoms with Gasteiger partial charge in [0.15, 0.2) is 5.78 Å². The Hall–Kier alpha value is -2.08. The van der Waals surface area contributed by atoms with E-state index in [9.17, 15) is 14.4 Å². The van der Waals surface area contributed by atoms with Gasteiger partial charge < -0.3 is 15.7 Å². The molecule has 1 fully saturated rings. The molecule has 0 atom stereocenters. The van der Waals surface area contributed by atoms with Crippen LogP contribution in [0.2, 0.25) is 0 Å². The van der Waals surface area contributed by atoms with Gasteiger partial charge in [-0.05, 0) is 24.8 Å². The lowest BCUT2D eigenvalue weighted by Gasteiger charge is -2.09. The lowest BCUT2D eigenvalue weighted by molar-refractivity contribution is -0.136. The number of carboxylic acid groups (broad SMARTS) is 1. The predicted molar refractivity (Wildman–Crippen MR) is 92.5 cm³/mol. The number of carboxylic acids is 1. The molecule has 1 aromatic rings. The number of amides is 2. The highest BCUT2D eigenvalue weighted by Crippen LogP contribution is 2.09. The monoisotopic (exact) mass is 354 g/mol. The van der Waals surface area contributed by atoms with Gasteiger partial charge in [-0.25, -0.2) is 4.79 Å². The minimum Gasteiger partial charge on any atom is -0.481 e. The Labute approximate surface area is 146 Å². The van der Waals surface area contributed by atoms with Gasteiger partial charge in [0.1, 0.15) is 0 Å². The summed E-state index contributed by atoms with van der Waals surface area (Å²) in [5, 5.41) is 8.58. The lowest BCUT2D eigenvalue weighted by Crippen LogP contribution is -2.32. The first kappa shape index (κ1) is 20.0. The van der Waals surface area contributed by atoms with E-state index in [1.54, 1.807) is 29.2 Å². The van der Waals surface area contributed by atoms with Crippen molar-refractivity contribution in [2.24, 2.45) is 5.73 Å². The van der Waals surface area contributed by atoms with Crippen LogP contribution in [-0.2, 0) is 11.2 Å². The minimum absolute atomic E-state index is 0.0177. The molecule has 7 heteroatoms. The summed E-state index contributed by atoms with van der Waals surface area (Å²) in [5.74, 6) is -0.355. The van der Waals surface area contributed by atoms with Gasteiger partial charge in [-0.3, -0.25) is 9.59 Å². The SMILES string of the molecule is NC(=O)N1CCCC1.O=C(O)Cc1ccc(C(=O)CCCCl)cc1. The molecule has 1 aromatic carbocycles. The molecule has 1 heterocycles. The summed E-state index contributed by atoms with van der Waals surface area (Å²) in [4.78, 5) is 34.0. The molecule has 3 N–H and O–H groups in total. The maximum Gasteiger partial charge on any atom is 0.314 e. The Morgan fingerprint density at radius 1 is 1.12 bits per heavy atom. The number of alkyl halides is 1. The van der Waals surface area contributed by atoms with Crippen LogP contribution in [0.25, 0.3) is 0 Å². The number of ketones is 1. The van der Waals surface area contributed by atoms with E-state index in [-0.39, 0.29) is 18.2 Å². The van der Waals surface area contributed by atoms with Crippen molar-refractivity contribution in [1.29, 1.82) is 0 Å². The summed E-state index contributed by atoms with van der Waals surface area (Å²) >= 11 is 5.50. The summed E-state index contributed by atoms with van der Waals surface area (Å²) in [6.07, 6.45) is 3.31. The standard InChI is InChI=1S/C12H13ClO3.C5H10N2O/c13-7-1-2-11(14)10-5-3-9(4-6-10)8-12(15)16;6-5(8)7-3-1-2-4-7/h3-6H,1-2,7-8H2,(H,15,16);1-4H2,(H2,6,8). The van der Waals surface area contributed by atoms with Gasteiger partial charge in [0, 0.05) is 31.0 Å². The van der Waals surface area contributed by atoms with Crippen molar-refractivity contribution in [3.63, 3.8) is 0 Å². The van der Waals surface area contributed by atoms with Gasteiger partial charge in [-0.15, -0.1) is 11.6 Å². The number of aliphatic carboxylic acids is 1. The molecule has 0 bridgehead atoms. The van der Waals surface area contributed by atoms with Crippen molar-refractivity contribution < 1.29 is 19.5 Å². The molecule has 0 saturated carbocycles. The van der Waals surface area contributed by atoms with Crippen LogP contribution in [0.4, 0.5) is 4.79 Å². The van der Waals surface area contributed by atoms with Crippen molar-refractivity contribution in [1.82, 2.24) is 4.90 Å². The van der Waals surface area contributed by atoms with Gasteiger partial charge in [-0.2, -0.15) is 0 Å². The number of urea groups is 1. The molecule has 1 aliphatic heterocycles. The van der Waals surface area contributed by atoms with Crippen molar-refractivity contribution in [2.45, 2.75) is 32.1 Å². The van der Waals surface area contributed by atoms with Gasteiger partial charge in [0.2, 0.25) is 0 Å². The zero-order chi connectivity index (χ0) is 17.9. The van der Waals surface area contributed by atoms with E-state index in [0.29, 0.717) is 29.8 Å². The number of likely N-dealkylation sites (tertiary alicyclic amines) is 1. The zero-order valence-electron chi connectivity index (χ0n) is 13.5. The van der Waals surface area contributed by atoms with E-state index in [2.05, 4.69) is 0 Å². The molecule has 1 saturated heterocycles. The van der Waals surface area contributed by atoms with E-state index in [1.807, 2.05) is 0 Å². The molecular weight excluding hydrogens is 332 g/mol. The first-order valence-electron chi connectivity index (χ1n) is 7.88. The molecule has 0 radical (unpaired) electrons. The normalized spacial score (nSPS) is 13.1. The number of primary amides is 1. The quantitative estimate of drug-likeness (QED) is 0.605. The molecule has 6 nitrogen and oxygen atoms in total. The predicted octanol–water partition coefficient (Wildman–Crippen LogP) is 2.68. The average Bonchev–Trinajstić information content (AvgIpc) is 3.08. The van der Waals surface area contributed by atoms with Crippen LogP contribution in [0.3, 0.4) is 0 Å². The van der Waals surface area contributed by atoms with Crippen molar-refractivity contribution in [3.8, 4) is 0 Å². The van der Waals surface area contributed by atoms with E-state index in [0.717, 1.165) is 25.9 Å². The number of carbonyl (C=O) groups excluding carboxylic acids is 2. The van der Waals surface area contributed by atoms with Crippen LogP contribution >= 0.6 is 11.6 Å². The molecule has 2 rings (SSSR count). The van der Waals surface area contributed by atoms with E-state index in [4.69, 9.17) is 22.4 Å². The first-order chi connectivity index (χ1) is 11.4. The maximum absolute atomic E-state index is 11.6. The van der Waals surface area contributed by atoms with E-state index in [1.165, 1.54) is 0 Å². The van der Waals surface area contributed by atoms with Crippen LogP contribution in [0.5, 0.6) is 0 Å². The first-order valence-corrected chi connectivity index (χ1v) is 8.41. The Morgan fingerprint density at radius 3 is 2.12 bits per heavy atom. The van der Waals surface area contributed by atoms with Crippen LogP contribution in [-0.4, -0.2) is 46.8 Å². The minimum atomic E-state index is -0.874. The molecule has 0 unspecified atom stereocenters. The second kappa shape index (κ2) is 10.6. The topological polar surface area (TPSA) is 101 Å². The third-order valence-electron chi connectivity index (χ3n) is 3.59. The zero-order valence-corrected chi connectivity index (χ0v) is 14.3. The second-order valence-electron chi connectivity index (χ2n) is 5.52. The third-order valence-corrected chi connectivity index (χ3v) is 3.85. The van der Waals surface area contributed by atoms with Crippen molar-refractivity contribution >= 4 is 29.4 Å². The lowest BCUT2D eigenvalue weighted by atomic mass is 10.0. The second-order valence-corrected chi connectivity index (χ2v) is 5.89. The van der Waals surface area contributed by atoms with Crippen LogP contribution in [0.1, 0.15) is 41.6 Å². The Balaban J connectivity index is 0.000000300. The number of nitrogens with zero attached hydrogens (tertiary/aromatic N) is 1. The molecule has 2 amide bonds.